The number of rotatable bonds is 1. The molecule has 19 heavy (non-hydrogen) atoms. The van der Waals surface area contributed by atoms with E-state index in [0.29, 0.717) is 0 Å². The van der Waals surface area contributed by atoms with Gasteiger partial charge in [-0.1, -0.05) is 36.4 Å². The summed E-state index contributed by atoms with van der Waals surface area (Å²) in [5.41, 5.74) is 5.37. The Morgan fingerprint density at radius 1 is 1.00 bits per heavy atom. The van der Waals surface area contributed by atoms with Gasteiger partial charge >= 0.3 is 5.97 Å². The zero-order valence-corrected chi connectivity index (χ0v) is 11.4. The van der Waals surface area contributed by atoms with Gasteiger partial charge in [0, 0.05) is 5.56 Å². The monoisotopic (exact) mass is 252 g/mol. The lowest BCUT2D eigenvalue weighted by Gasteiger charge is -2.12. The topological polar surface area (TPSA) is 26.3 Å². The van der Waals surface area contributed by atoms with Crippen molar-refractivity contribution in [3.63, 3.8) is 0 Å². The number of benzene rings is 2. The van der Waals surface area contributed by atoms with Crippen LogP contribution in [-0.2, 0) is 4.79 Å². The van der Waals surface area contributed by atoms with Gasteiger partial charge in [0.1, 0.15) is 11.7 Å². The van der Waals surface area contributed by atoms with Gasteiger partial charge in [-0.25, -0.2) is 0 Å². The summed E-state index contributed by atoms with van der Waals surface area (Å²) in [6.07, 6.45) is 0. The van der Waals surface area contributed by atoms with Crippen LogP contribution in [0.15, 0.2) is 36.4 Å². The van der Waals surface area contributed by atoms with Gasteiger partial charge in [0.15, 0.2) is 0 Å². The molecule has 0 aromatic heterocycles. The van der Waals surface area contributed by atoms with Crippen LogP contribution in [0.3, 0.4) is 0 Å². The Kier molecular flexibility index (Phi) is 2.67. The molecule has 0 spiro atoms. The second-order valence-corrected chi connectivity index (χ2v) is 5.14. The van der Waals surface area contributed by atoms with Crippen molar-refractivity contribution < 1.29 is 9.53 Å². The summed E-state index contributed by atoms with van der Waals surface area (Å²) in [5.74, 6) is 0.310. The molecule has 0 radical (unpaired) electrons. The van der Waals surface area contributed by atoms with Gasteiger partial charge in [-0.15, -0.1) is 0 Å². The Morgan fingerprint density at radius 3 is 2.37 bits per heavy atom. The Morgan fingerprint density at radius 2 is 1.68 bits per heavy atom. The quantitative estimate of drug-likeness (QED) is 0.572. The fourth-order valence-corrected chi connectivity index (χ4v) is 2.79. The average molecular weight is 252 g/mol. The number of hydrogen-bond donors (Lipinski definition) is 0. The van der Waals surface area contributed by atoms with E-state index in [0.717, 1.165) is 33.6 Å². The predicted molar refractivity (Wildman–Crippen MR) is 74.6 cm³/mol. The second-order valence-electron chi connectivity index (χ2n) is 5.14. The van der Waals surface area contributed by atoms with Crippen molar-refractivity contribution in [2.24, 2.45) is 0 Å². The molecule has 2 heteroatoms. The largest absolute Gasteiger partial charge is 0.425 e. The standard InChI is InChI=1S/C17H16O2/c1-10-9-11(2)14-15(13-7-5-4-6-8-13)17(18)19-16(14)12(10)3/h4-9,15H,1-3H3/t15-/m1/s1. The Hall–Kier alpha value is -2.09. The van der Waals surface area contributed by atoms with E-state index in [9.17, 15) is 4.79 Å². The lowest BCUT2D eigenvalue weighted by atomic mass is 9.87. The molecule has 0 fully saturated rings. The van der Waals surface area contributed by atoms with E-state index in [1.54, 1.807) is 0 Å². The molecule has 1 atom stereocenters. The number of aryl methyl sites for hydroxylation is 2. The smallest absolute Gasteiger partial charge is 0.323 e. The third-order valence-corrected chi connectivity index (χ3v) is 3.89. The third kappa shape index (κ3) is 1.75. The molecule has 1 aliphatic rings. The van der Waals surface area contributed by atoms with Crippen molar-refractivity contribution in [1.29, 1.82) is 0 Å². The first-order valence-electron chi connectivity index (χ1n) is 6.47. The van der Waals surface area contributed by atoms with Crippen LogP contribution in [0.5, 0.6) is 5.75 Å². The summed E-state index contributed by atoms with van der Waals surface area (Å²) in [7, 11) is 0. The summed E-state index contributed by atoms with van der Waals surface area (Å²) in [4.78, 5) is 12.2. The first-order valence-corrected chi connectivity index (χ1v) is 6.47. The van der Waals surface area contributed by atoms with Crippen LogP contribution >= 0.6 is 0 Å². The molecule has 2 aromatic carbocycles. The Balaban J connectivity index is 2.23. The number of ether oxygens (including phenoxy) is 1. The highest BCUT2D eigenvalue weighted by Crippen LogP contribution is 2.44. The molecule has 0 unspecified atom stereocenters. The number of hydrogen-bond acceptors (Lipinski definition) is 2. The van der Waals surface area contributed by atoms with Crippen LogP contribution in [0.1, 0.15) is 33.7 Å². The first kappa shape index (κ1) is 12.0. The van der Waals surface area contributed by atoms with Gasteiger partial charge in [0.05, 0.1) is 0 Å². The molecule has 0 bridgehead atoms. The summed E-state index contributed by atoms with van der Waals surface area (Å²) in [6.45, 7) is 6.10. The number of esters is 1. The van der Waals surface area contributed by atoms with Gasteiger partial charge in [0.2, 0.25) is 0 Å². The highest BCUT2D eigenvalue weighted by molar-refractivity contribution is 5.91. The van der Waals surface area contributed by atoms with Crippen molar-refractivity contribution in [1.82, 2.24) is 0 Å². The van der Waals surface area contributed by atoms with E-state index in [-0.39, 0.29) is 11.9 Å². The van der Waals surface area contributed by atoms with Gasteiger partial charge in [-0.2, -0.15) is 0 Å². The molecule has 1 heterocycles. The van der Waals surface area contributed by atoms with Gasteiger partial charge in [0.25, 0.3) is 0 Å². The van der Waals surface area contributed by atoms with E-state index in [1.165, 1.54) is 0 Å². The molecule has 0 aliphatic carbocycles. The molecular weight excluding hydrogens is 236 g/mol. The lowest BCUT2D eigenvalue weighted by molar-refractivity contribution is -0.133. The average Bonchev–Trinajstić information content (AvgIpc) is 2.75. The van der Waals surface area contributed by atoms with Crippen molar-refractivity contribution in [3.05, 3.63) is 64.2 Å². The highest BCUT2D eigenvalue weighted by atomic mass is 16.5. The number of carbonyl (C=O) groups is 1. The van der Waals surface area contributed by atoms with Crippen LogP contribution < -0.4 is 4.74 Å². The summed E-state index contributed by atoms with van der Waals surface area (Å²) >= 11 is 0. The van der Waals surface area contributed by atoms with Gasteiger partial charge in [-0.05, 0) is 43.0 Å². The normalized spacial score (nSPS) is 17.2. The number of carbonyl (C=O) groups excluding carboxylic acids is 1. The van der Waals surface area contributed by atoms with Crippen LogP contribution in [0, 0.1) is 20.8 Å². The van der Waals surface area contributed by atoms with Crippen molar-refractivity contribution in [2.75, 3.05) is 0 Å². The molecule has 3 rings (SSSR count). The molecule has 0 saturated heterocycles. The molecule has 0 amide bonds. The summed E-state index contributed by atoms with van der Waals surface area (Å²) in [5, 5.41) is 0. The van der Waals surface area contributed by atoms with Crippen LogP contribution in [-0.4, -0.2) is 5.97 Å². The van der Waals surface area contributed by atoms with E-state index in [1.807, 2.05) is 51.1 Å². The Labute approximate surface area is 113 Å². The molecule has 2 aromatic rings. The molecule has 0 N–H and O–H groups in total. The zero-order chi connectivity index (χ0) is 13.6. The Bertz CT molecular complexity index is 657. The molecule has 1 aliphatic heterocycles. The second kappa shape index (κ2) is 4.23. The molecule has 0 saturated carbocycles. The van der Waals surface area contributed by atoms with Gasteiger partial charge in [-0.3, -0.25) is 4.79 Å². The maximum atomic E-state index is 12.2. The van der Waals surface area contributed by atoms with Crippen LogP contribution in [0.4, 0.5) is 0 Å². The zero-order valence-electron chi connectivity index (χ0n) is 11.4. The minimum Gasteiger partial charge on any atom is -0.425 e. The fourth-order valence-electron chi connectivity index (χ4n) is 2.79. The highest BCUT2D eigenvalue weighted by Gasteiger charge is 2.37. The predicted octanol–water partition coefficient (Wildman–Crippen LogP) is 3.66. The third-order valence-electron chi connectivity index (χ3n) is 3.89. The van der Waals surface area contributed by atoms with Crippen LogP contribution in [0.2, 0.25) is 0 Å². The minimum atomic E-state index is -0.282. The lowest BCUT2D eigenvalue weighted by Crippen LogP contribution is -2.11. The van der Waals surface area contributed by atoms with Gasteiger partial charge < -0.3 is 4.74 Å². The van der Waals surface area contributed by atoms with Crippen molar-refractivity contribution in [3.8, 4) is 5.75 Å². The maximum Gasteiger partial charge on any atom is 0.323 e. The van der Waals surface area contributed by atoms with E-state index < -0.39 is 0 Å². The summed E-state index contributed by atoms with van der Waals surface area (Å²) in [6, 6.07) is 12.0. The molecular formula is C17H16O2. The molecule has 2 nitrogen and oxygen atoms in total. The minimum absolute atomic E-state index is 0.169. The van der Waals surface area contributed by atoms with E-state index in [4.69, 9.17) is 4.74 Å². The van der Waals surface area contributed by atoms with Crippen LogP contribution in [0.25, 0.3) is 0 Å². The summed E-state index contributed by atoms with van der Waals surface area (Å²) < 4.78 is 5.53. The van der Waals surface area contributed by atoms with E-state index >= 15 is 0 Å². The van der Waals surface area contributed by atoms with Crippen molar-refractivity contribution >= 4 is 5.97 Å². The number of fused-ring (bicyclic) bond motifs is 1. The fraction of sp³-hybridized carbons (Fsp3) is 0.235. The SMILES string of the molecule is Cc1cc(C)c2c(c1C)OC(=O)[C@@H]2c1ccccc1. The first-order chi connectivity index (χ1) is 9.09. The molecule has 96 valence electrons. The maximum absolute atomic E-state index is 12.2. The van der Waals surface area contributed by atoms with E-state index in [2.05, 4.69) is 6.07 Å². The van der Waals surface area contributed by atoms with Crippen molar-refractivity contribution in [2.45, 2.75) is 26.7 Å².